The van der Waals surface area contributed by atoms with Crippen LogP contribution >= 0.6 is 0 Å². The molecule has 4 heteroatoms. The molecule has 0 heterocycles. The first-order valence-corrected chi connectivity index (χ1v) is 10.3. The zero-order valence-electron chi connectivity index (χ0n) is 17.0. The van der Waals surface area contributed by atoms with Gasteiger partial charge in [-0.25, -0.2) is 4.39 Å². The number of hydrogen-bond acceptors (Lipinski definition) is 3. The average molecular weight is 384 g/mol. The maximum Gasteiger partial charge on any atom is 0.197 e. The minimum Gasteiger partial charge on any atom is -0.494 e. The molecule has 0 N–H and O–H groups in total. The summed E-state index contributed by atoms with van der Waals surface area (Å²) >= 11 is 0. The molecule has 0 spiro atoms. The van der Waals surface area contributed by atoms with Crippen molar-refractivity contribution >= 4 is 5.71 Å². The van der Waals surface area contributed by atoms with Crippen LogP contribution in [-0.4, -0.2) is 18.4 Å². The van der Waals surface area contributed by atoms with Crippen LogP contribution in [0.1, 0.15) is 70.3 Å². The van der Waals surface area contributed by atoms with Crippen LogP contribution in [0.3, 0.4) is 0 Å². The molecule has 0 amide bonds. The van der Waals surface area contributed by atoms with Gasteiger partial charge in [-0.2, -0.15) is 0 Å². The number of oxime groups is 1. The molecule has 1 aromatic rings. The molecule has 1 atom stereocenters. The second-order valence-electron chi connectivity index (χ2n) is 7.87. The van der Waals surface area contributed by atoms with Crippen molar-refractivity contribution in [3.63, 3.8) is 0 Å². The summed E-state index contributed by atoms with van der Waals surface area (Å²) in [6.07, 6.45) is 9.28. The Morgan fingerprint density at radius 1 is 1.32 bits per heavy atom. The minimum absolute atomic E-state index is 0.206. The highest BCUT2D eigenvalue weighted by molar-refractivity contribution is 5.86. The Kier molecular flexibility index (Phi) is 6.78. The first-order chi connectivity index (χ1) is 13.5. The molecule has 0 unspecified atom stereocenters. The number of halogens is 1. The summed E-state index contributed by atoms with van der Waals surface area (Å²) in [7, 11) is 1.46. The van der Waals surface area contributed by atoms with Crippen molar-refractivity contribution in [2.75, 3.05) is 7.11 Å². The smallest absolute Gasteiger partial charge is 0.197 e. The number of hydrogen-bond donors (Lipinski definition) is 0. The summed E-state index contributed by atoms with van der Waals surface area (Å²) in [5, 5.41) is 4.60. The van der Waals surface area contributed by atoms with E-state index < -0.39 is 5.60 Å². The van der Waals surface area contributed by atoms with Crippen molar-refractivity contribution in [2.45, 2.75) is 70.3 Å². The number of ether oxygens (including phenoxy) is 1. The number of allylic oxidation sites excluding steroid dienone is 1. The van der Waals surface area contributed by atoms with E-state index in [-0.39, 0.29) is 11.6 Å². The van der Waals surface area contributed by atoms with E-state index in [1.807, 2.05) is 0 Å². The zero-order valence-corrected chi connectivity index (χ0v) is 17.0. The zero-order chi connectivity index (χ0) is 20.0. The molecule has 28 heavy (non-hydrogen) atoms. The Hall–Kier alpha value is -2.28. The largest absolute Gasteiger partial charge is 0.494 e. The van der Waals surface area contributed by atoms with Gasteiger partial charge in [0.1, 0.15) is 0 Å². The summed E-state index contributed by atoms with van der Waals surface area (Å²) in [4.78, 5) is 6.11. The fraction of sp³-hybridized carbons (Fsp3) is 0.542. The van der Waals surface area contributed by atoms with Gasteiger partial charge in [-0.3, -0.25) is 0 Å². The monoisotopic (exact) mass is 383 g/mol. The third-order valence-electron chi connectivity index (χ3n) is 5.79. The van der Waals surface area contributed by atoms with Gasteiger partial charge >= 0.3 is 0 Å². The first-order valence-electron chi connectivity index (χ1n) is 10.3. The highest BCUT2D eigenvalue weighted by Crippen LogP contribution is 2.34. The van der Waals surface area contributed by atoms with Crippen LogP contribution in [0.4, 0.5) is 4.39 Å². The van der Waals surface area contributed by atoms with E-state index in [1.54, 1.807) is 12.1 Å². The summed E-state index contributed by atoms with van der Waals surface area (Å²) in [5.41, 5.74) is 2.61. The molecular weight excluding hydrogens is 353 g/mol. The fourth-order valence-electron chi connectivity index (χ4n) is 4.12. The maximum atomic E-state index is 13.6. The van der Waals surface area contributed by atoms with Gasteiger partial charge in [-0.15, -0.1) is 0 Å². The van der Waals surface area contributed by atoms with Crippen molar-refractivity contribution in [3.8, 4) is 17.6 Å². The van der Waals surface area contributed by atoms with Crippen LogP contribution in [0.5, 0.6) is 5.75 Å². The van der Waals surface area contributed by atoms with Crippen LogP contribution in [0.15, 0.2) is 35.5 Å². The summed E-state index contributed by atoms with van der Waals surface area (Å²) in [5.74, 6) is 6.72. The van der Waals surface area contributed by atoms with Crippen molar-refractivity contribution in [1.29, 1.82) is 0 Å². The topological polar surface area (TPSA) is 30.8 Å². The highest BCUT2D eigenvalue weighted by atomic mass is 19.1. The molecule has 150 valence electrons. The van der Waals surface area contributed by atoms with Gasteiger partial charge in [0.15, 0.2) is 17.2 Å². The van der Waals surface area contributed by atoms with Crippen molar-refractivity contribution < 1.29 is 14.0 Å². The third-order valence-corrected chi connectivity index (χ3v) is 5.79. The molecule has 0 aromatic heterocycles. The molecule has 3 nitrogen and oxygen atoms in total. The number of nitrogens with zero attached hydrogens (tertiary/aromatic N) is 1. The average Bonchev–Trinajstić information content (AvgIpc) is 3.17. The number of methoxy groups -OCH3 is 1. The quantitative estimate of drug-likeness (QED) is 0.269. The van der Waals surface area contributed by atoms with Crippen molar-refractivity contribution in [3.05, 3.63) is 41.7 Å². The Morgan fingerprint density at radius 2 is 2.11 bits per heavy atom. The Morgan fingerprint density at radius 3 is 2.79 bits per heavy atom. The van der Waals surface area contributed by atoms with E-state index in [0.29, 0.717) is 5.92 Å². The minimum atomic E-state index is -0.548. The van der Waals surface area contributed by atoms with Crippen LogP contribution < -0.4 is 4.74 Å². The SMILES string of the molecule is C=C1CCC[C@@H](/C(CC)=N/OC2(C#Cc3ccc(F)c(OC)c3)CCCC2)C1. The van der Waals surface area contributed by atoms with Gasteiger partial charge in [0.2, 0.25) is 0 Å². The second-order valence-corrected chi connectivity index (χ2v) is 7.87. The molecule has 0 saturated heterocycles. The van der Waals surface area contributed by atoms with E-state index in [2.05, 4.69) is 30.5 Å². The molecule has 0 bridgehead atoms. The standard InChI is InChI=1S/C24H30FNO2/c1-4-22(20-9-7-8-18(2)16-20)26-28-24(13-5-6-14-24)15-12-19-10-11-21(25)23(17-19)27-3/h10-11,17,20H,2,4-9,13-14,16H2,1,3H3/b26-22+/t20-/m1/s1. The summed E-state index contributed by atoms with van der Waals surface area (Å²) in [6, 6.07) is 4.68. The lowest BCUT2D eigenvalue weighted by Gasteiger charge is -2.26. The maximum absolute atomic E-state index is 13.6. The molecular formula is C24H30FNO2. The third kappa shape index (κ3) is 4.95. The summed E-state index contributed by atoms with van der Waals surface area (Å²) in [6.45, 7) is 6.30. The molecule has 3 rings (SSSR count). The highest BCUT2D eigenvalue weighted by Gasteiger charge is 2.35. The molecule has 0 radical (unpaired) electrons. The Bertz CT molecular complexity index is 797. The molecule has 2 aliphatic rings. The Balaban J connectivity index is 1.78. The van der Waals surface area contributed by atoms with Gasteiger partial charge in [-0.1, -0.05) is 30.2 Å². The van der Waals surface area contributed by atoms with Crippen LogP contribution in [-0.2, 0) is 4.84 Å². The van der Waals surface area contributed by atoms with Gasteiger partial charge in [0.05, 0.1) is 12.8 Å². The summed E-state index contributed by atoms with van der Waals surface area (Å²) < 4.78 is 18.7. The van der Waals surface area contributed by atoms with E-state index in [1.165, 1.54) is 25.2 Å². The molecule has 2 aliphatic carbocycles. The lowest BCUT2D eigenvalue weighted by Crippen LogP contribution is -2.27. The lowest BCUT2D eigenvalue weighted by atomic mass is 9.82. The predicted octanol–water partition coefficient (Wildman–Crippen LogP) is 6.03. The van der Waals surface area contributed by atoms with Gasteiger partial charge < -0.3 is 9.57 Å². The second kappa shape index (κ2) is 9.28. The molecule has 2 saturated carbocycles. The number of rotatable bonds is 5. The van der Waals surface area contributed by atoms with E-state index in [4.69, 9.17) is 9.57 Å². The molecule has 2 fully saturated rings. The van der Waals surface area contributed by atoms with Crippen molar-refractivity contribution in [1.82, 2.24) is 0 Å². The van der Waals surface area contributed by atoms with E-state index >= 15 is 0 Å². The van der Waals surface area contributed by atoms with Gasteiger partial charge in [0, 0.05) is 24.3 Å². The molecule has 0 aliphatic heterocycles. The van der Waals surface area contributed by atoms with Gasteiger partial charge in [0.25, 0.3) is 0 Å². The van der Waals surface area contributed by atoms with Gasteiger partial charge in [-0.05, 0) is 69.1 Å². The van der Waals surface area contributed by atoms with E-state index in [9.17, 15) is 4.39 Å². The van der Waals surface area contributed by atoms with Crippen molar-refractivity contribution in [2.24, 2.45) is 11.1 Å². The first kappa shape index (κ1) is 20.5. The number of benzene rings is 1. The Labute approximate surface area is 168 Å². The van der Waals surface area contributed by atoms with Crippen LogP contribution in [0, 0.1) is 23.6 Å². The molecule has 1 aromatic carbocycles. The lowest BCUT2D eigenvalue weighted by molar-refractivity contribution is 0.00701. The fourth-order valence-corrected chi connectivity index (χ4v) is 4.12. The van der Waals surface area contributed by atoms with E-state index in [0.717, 1.165) is 62.6 Å². The van der Waals surface area contributed by atoms with Crippen LogP contribution in [0.25, 0.3) is 0 Å². The normalized spacial score (nSPS) is 21.8. The van der Waals surface area contributed by atoms with Crippen LogP contribution in [0.2, 0.25) is 0 Å². The predicted molar refractivity (Wildman–Crippen MR) is 111 cm³/mol.